The zero-order chi connectivity index (χ0) is 17.1. The first kappa shape index (κ1) is 17.0. The molecule has 6 nitrogen and oxygen atoms in total. The molecule has 2 heterocycles. The van der Waals surface area contributed by atoms with Crippen molar-refractivity contribution in [3.63, 3.8) is 0 Å². The van der Waals surface area contributed by atoms with Crippen LogP contribution < -0.4 is 5.32 Å². The van der Waals surface area contributed by atoms with Crippen molar-refractivity contribution in [2.24, 2.45) is 5.92 Å². The largest absolute Gasteiger partial charge is 0.361 e. The average molecular weight is 333 g/mol. The molecule has 2 aliphatic rings. The highest BCUT2D eigenvalue weighted by molar-refractivity contribution is 5.97. The van der Waals surface area contributed by atoms with E-state index in [4.69, 9.17) is 4.52 Å². The fourth-order valence-electron chi connectivity index (χ4n) is 3.93. The summed E-state index contributed by atoms with van der Waals surface area (Å²) in [5, 5.41) is 6.92. The van der Waals surface area contributed by atoms with Crippen LogP contribution in [0.5, 0.6) is 0 Å². The van der Waals surface area contributed by atoms with Gasteiger partial charge in [0.15, 0.2) is 0 Å². The molecule has 24 heavy (non-hydrogen) atoms. The molecule has 0 bridgehead atoms. The van der Waals surface area contributed by atoms with Crippen LogP contribution in [0.15, 0.2) is 4.52 Å². The summed E-state index contributed by atoms with van der Waals surface area (Å²) >= 11 is 0. The Bertz CT molecular complexity index is 605. The number of amides is 2. The van der Waals surface area contributed by atoms with Crippen LogP contribution in [-0.2, 0) is 11.2 Å². The first-order valence-corrected chi connectivity index (χ1v) is 9.12. The van der Waals surface area contributed by atoms with Gasteiger partial charge in [0.25, 0.3) is 5.91 Å². The Morgan fingerprint density at radius 3 is 2.79 bits per heavy atom. The van der Waals surface area contributed by atoms with Gasteiger partial charge in [-0.3, -0.25) is 9.59 Å². The molecular formula is C18H27N3O3. The molecule has 0 spiro atoms. The fourth-order valence-corrected chi connectivity index (χ4v) is 3.93. The number of carbonyl (C=O) groups is 2. The van der Waals surface area contributed by atoms with Crippen molar-refractivity contribution in [2.45, 2.75) is 64.8 Å². The molecule has 1 unspecified atom stereocenters. The Hall–Kier alpha value is -1.85. The quantitative estimate of drug-likeness (QED) is 0.898. The lowest BCUT2D eigenvalue weighted by Crippen LogP contribution is -2.38. The molecule has 2 fully saturated rings. The van der Waals surface area contributed by atoms with E-state index < -0.39 is 0 Å². The van der Waals surface area contributed by atoms with E-state index in [1.54, 1.807) is 6.92 Å². The molecule has 0 aromatic carbocycles. The van der Waals surface area contributed by atoms with Crippen LogP contribution in [0.25, 0.3) is 0 Å². The molecule has 6 heteroatoms. The number of hydrogen-bond donors (Lipinski definition) is 1. The normalized spacial score (nSPS) is 22.2. The van der Waals surface area contributed by atoms with Crippen LogP contribution in [0.2, 0.25) is 0 Å². The molecule has 132 valence electrons. The summed E-state index contributed by atoms with van der Waals surface area (Å²) in [5.74, 6) is 1.14. The van der Waals surface area contributed by atoms with Crippen LogP contribution in [0.4, 0.5) is 0 Å². The van der Waals surface area contributed by atoms with E-state index >= 15 is 0 Å². The van der Waals surface area contributed by atoms with Crippen LogP contribution in [0, 0.1) is 12.8 Å². The van der Waals surface area contributed by atoms with E-state index in [0.717, 1.165) is 6.54 Å². The highest BCUT2D eigenvalue weighted by Gasteiger charge is 2.33. The summed E-state index contributed by atoms with van der Waals surface area (Å²) < 4.78 is 5.13. The molecule has 0 radical (unpaired) electrons. The maximum atomic E-state index is 12.5. The summed E-state index contributed by atoms with van der Waals surface area (Å²) in [7, 11) is 0. The topological polar surface area (TPSA) is 75.4 Å². The molecule has 3 rings (SSSR count). The molecule has 1 saturated heterocycles. The van der Waals surface area contributed by atoms with Crippen LogP contribution in [0.1, 0.15) is 67.3 Å². The predicted molar refractivity (Wildman–Crippen MR) is 89.6 cm³/mol. The number of hydrogen-bond acceptors (Lipinski definition) is 4. The van der Waals surface area contributed by atoms with Gasteiger partial charge in [-0.15, -0.1) is 0 Å². The molecule has 1 aromatic heterocycles. The van der Waals surface area contributed by atoms with E-state index in [1.165, 1.54) is 32.1 Å². The fraction of sp³-hybridized carbons (Fsp3) is 0.722. The summed E-state index contributed by atoms with van der Waals surface area (Å²) in [6.07, 6.45) is 7.36. The molecule has 1 atom stereocenters. The third-order valence-electron chi connectivity index (χ3n) is 5.25. The molecule has 1 saturated carbocycles. The van der Waals surface area contributed by atoms with Crippen molar-refractivity contribution in [3.8, 4) is 0 Å². The third kappa shape index (κ3) is 3.62. The monoisotopic (exact) mass is 333 g/mol. The second-order valence-electron chi connectivity index (χ2n) is 7.09. The maximum Gasteiger partial charge on any atom is 0.257 e. The van der Waals surface area contributed by atoms with E-state index in [-0.39, 0.29) is 17.9 Å². The predicted octanol–water partition coefficient (Wildman–Crippen LogP) is 2.46. The van der Waals surface area contributed by atoms with Gasteiger partial charge >= 0.3 is 0 Å². The summed E-state index contributed by atoms with van der Waals surface area (Å²) in [5.41, 5.74) is 1.20. The van der Waals surface area contributed by atoms with Crippen molar-refractivity contribution in [1.29, 1.82) is 0 Å². The standard InChI is InChI=1S/C18H27N3O3/c1-3-15-17(12(2)24-20-15)18(23)19-14-9-16(22)21(11-14)10-13-7-5-4-6-8-13/h13-14H,3-11H2,1-2H3,(H,19,23). The number of nitrogens with one attached hydrogen (secondary N) is 1. The molecule has 1 aliphatic carbocycles. The zero-order valence-corrected chi connectivity index (χ0v) is 14.6. The number of nitrogens with zero attached hydrogens (tertiary/aromatic N) is 2. The Balaban J connectivity index is 1.57. The highest BCUT2D eigenvalue weighted by atomic mass is 16.5. The Morgan fingerprint density at radius 1 is 1.33 bits per heavy atom. The molecular weight excluding hydrogens is 306 g/mol. The maximum absolute atomic E-state index is 12.5. The number of aryl methyl sites for hydroxylation is 2. The minimum absolute atomic E-state index is 0.118. The van der Waals surface area contributed by atoms with Crippen molar-refractivity contribution in [3.05, 3.63) is 17.0 Å². The first-order chi connectivity index (χ1) is 11.6. The Kier molecular flexibility index (Phi) is 5.21. The summed E-state index contributed by atoms with van der Waals surface area (Å²) in [4.78, 5) is 26.7. The molecule has 1 N–H and O–H groups in total. The van der Waals surface area contributed by atoms with Gasteiger partial charge in [-0.1, -0.05) is 31.3 Å². The van der Waals surface area contributed by atoms with Crippen molar-refractivity contribution in [2.75, 3.05) is 13.1 Å². The van der Waals surface area contributed by atoms with Gasteiger partial charge in [0, 0.05) is 19.5 Å². The second-order valence-corrected chi connectivity index (χ2v) is 7.09. The lowest BCUT2D eigenvalue weighted by atomic mass is 9.89. The van der Waals surface area contributed by atoms with Gasteiger partial charge in [0.2, 0.25) is 5.91 Å². The molecule has 2 amide bonds. The van der Waals surface area contributed by atoms with E-state index in [9.17, 15) is 9.59 Å². The van der Waals surface area contributed by atoms with Gasteiger partial charge in [0.05, 0.1) is 11.7 Å². The summed E-state index contributed by atoms with van der Waals surface area (Å²) in [6.45, 7) is 5.15. The zero-order valence-electron chi connectivity index (χ0n) is 14.6. The SMILES string of the molecule is CCc1noc(C)c1C(=O)NC1CC(=O)N(CC2CCCCC2)C1. The smallest absolute Gasteiger partial charge is 0.257 e. The van der Waals surface area contributed by atoms with Crippen molar-refractivity contribution < 1.29 is 14.1 Å². The van der Waals surface area contributed by atoms with Gasteiger partial charge in [-0.2, -0.15) is 0 Å². The first-order valence-electron chi connectivity index (χ1n) is 9.12. The number of likely N-dealkylation sites (tertiary alicyclic amines) is 1. The van der Waals surface area contributed by atoms with Crippen LogP contribution in [0.3, 0.4) is 0 Å². The minimum Gasteiger partial charge on any atom is -0.361 e. The number of carbonyl (C=O) groups excluding carboxylic acids is 2. The minimum atomic E-state index is -0.178. The number of rotatable bonds is 5. The Morgan fingerprint density at radius 2 is 2.08 bits per heavy atom. The lowest BCUT2D eigenvalue weighted by molar-refractivity contribution is -0.128. The van der Waals surface area contributed by atoms with Crippen molar-refractivity contribution >= 4 is 11.8 Å². The highest BCUT2D eigenvalue weighted by Crippen LogP contribution is 2.26. The van der Waals surface area contributed by atoms with Gasteiger partial charge in [-0.25, -0.2) is 0 Å². The van der Waals surface area contributed by atoms with Gasteiger partial charge in [-0.05, 0) is 32.1 Å². The summed E-state index contributed by atoms with van der Waals surface area (Å²) in [6, 6.07) is -0.118. The van der Waals surface area contributed by atoms with E-state index in [1.807, 2.05) is 11.8 Å². The third-order valence-corrected chi connectivity index (χ3v) is 5.25. The van der Waals surface area contributed by atoms with Crippen LogP contribution >= 0.6 is 0 Å². The van der Waals surface area contributed by atoms with Gasteiger partial charge in [0.1, 0.15) is 11.3 Å². The van der Waals surface area contributed by atoms with E-state index in [0.29, 0.717) is 42.3 Å². The Labute approximate surface area is 142 Å². The lowest BCUT2D eigenvalue weighted by Gasteiger charge is -2.27. The molecule has 1 aromatic rings. The average Bonchev–Trinajstić information content (AvgIpc) is 3.11. The van der Waals surface area contributed by atoms with E-state index in [2.05, 4.69) is 10.5 Å². The number of aromatic nitrogens is 1. The second kappa shape index (κ2) is 7.36. The van der Waals surface area contributed by atoms with Crippen molar-refractivity contribution in [1.82, 2.24) is 15.4 Å². The van der Waals surface area contributed by atoms with Gasteiger partial charge < -0.3 is 14.7 Å². The van der Waals surface area contributed by atoms with Crippen LogP contribution in [-0.4, -0.2) is 41.0 Å². The molecule has 1 aliphatic heterocycles.